The van der Waals surface area contributed by atoms with Gasteiger partial charge < -0.3 is 11.1 Å². The van der Waals surface area contributed by atoms with Gasteiger partial charge in [-0.3, -0.25) is 4.79 Å². The zero-order chi connectivity index (χ0) is 22.9. The van der Waals surface area contributed by atoms with Gasteiger partial charge in [-0.15, -0.1) is 0 Å². The summed E-state index contributed by atoms with van der Waals surface area (Å²) < 4.78 is 5.54. The fourth-order valence-electron chi connectivity index (χ4n) is 3.59. The first-order chi connectivity index (χ1) is 15.5. The molecule has 1 aliphatic rings. The summed E-state index contributed by atoms with van der Waals surface area (Å²) in [5.41, 5.74) is 7.72. The van der Waals surface area contributed by atoms with Crippen LogP contribution in [0.3, 0.4) is 0 Å². The summed E-state index contributed by atoms with van der Waals surface area (Å²) in [6, 6.07) is 14.5. The Morgan fingerprint density at radius 3 is 2.44 bits per heavy atom. The van der Waals surface area contributed by atoms with E-state index in [2.05, 4.69) is 19.2 Å². The summed E-state index contributed by atoms with van der Waals surface area (Å²) >= 11 is -1.01. The molecule has 1 fully saturated rings. The molecule has 0 spiro atoms. The minimum atomic E-state index is -1.01. The molecule has 0 bridgehead atoms. The maximum atomic E-state index is 12.6. The van der Waals surface area contributed by atoms with Gasteiger partial charge >= 0.3 is 137 Å². The van der Waals surface area contributed by atoms with Crippen LogP contribution >= 0.6 is 0 Å². The Kier molecular flexibility index (Phi) is 9.06. The molecular formula is C22H28GeN4O5. The van der Waals surface area contributed by atoms with Crippen molar-refractivity contribution in [1.82, 2.24) is 10.2 Å². The number of carbonyl (C=O) groups is 2. The van der Waals surface area contributed by atoms with Gasteiger partial charge in [0.1, 0.15) is 0 Å². The average molecular weight is 501 g/mol. The van der Waals surface area contributed by atoms with Crippen LogP contribution in [0.5, 0.6) is 0 Å². The van der Waals surface area contributed by atoms with Crippen LogP contribution in [0.2, 0.25) is 0 Å². The van der Waals surface area contributed by atoms with Gasteiger partial charge in [-0.1, -0.05) is 0 Å². The minimum absolute atomic E-state index is 0.0440. The number of nitrogens with one attached hydrogen (secondary N) is 1. The second kappa shape index (κ2) is 12.0. The Hall–Kier alpha value is -2.44. The van der Waals surface area contributed by atoms with E-state index in [1.165, 1.54) is 0 Å². The van der Waals surface area contributed by atoms with Gasteiger partial charge in [0.05, 0.1) is 0 Å². The van der Waals surface area contributed by atoms with Crippen molar-refractivity contribution < 1.29 is 23.8 Å². The fourth-order valence-corrected chi connectivity index (χ4v) is 4.50. The van der Waals surface area contributed by atoms with Crippen molar-refractivity contribution in [2.24, 2.45) is 0 Å². The summed E-state index contributed by atoms with van der Waals surface area (Å²) in [6.45, 7) is 2.37. The summed E-state index contributed by atoms with van der Waals surface area (Å²) in [5.74, 6) is -0.0355. The summed E-state index contributed by atoms with van der Waals surface area (Å²) in [7, 11) is 1.76. The van der Waals surface area contributed by atoms with Crippen molar-refractivity contribution in [2.45, 2.75) is 25.3 Å². The zero-order valence-corrected chi connectivity index (χ0v) is 20.1. The molecule has 1 saturated heterocycles. The molecule has 2 aromatic carbocycles. The summed E-state index contributed by atoms with van der Waals surface area (Å²) in [4.78, 5) is 28.9. The number of hydrogen-bond donors (Lipinski definition) is 3. The van der Waals surface area contributed by atoms with Crippen LogP contribution in [0.4, 0.5) is 11.4 Å². The number of piperidine rings is 1. The molecule has 1 heterocycles. The molecule has 0 atom stereocenters. The van der Waals surface area contributed by atoms with E-state index in [0.29, 0.717) is 24.2 Å². The first-order valence-corrected chi connectivity index (χ1v) is 12.4. The van der Waals surface area contributed by atoms with Crippen LogP contribution < -0.4 is 20.3 Å². The molecule has 4 N–H and O–H groups in total. The predicted octanol–water partition coefficient (Wildman–Crippen LogP) is 1.18. The second-order valence-electron chi connectivity index (χ2n) is 7.72. The molecule has 2 aromatic rings. The number of amides is 2. The van der Waals surface area contributed by atoms with Gasteiger partial charge in [0.25, 0.3) is 5.91 Å². The number of nitrogens with zero attached hydrogens (tertiary/aromatic N) is 2. The van der Waals surface area contributed by atoms with Crippen molar-refractivity contribution in [2.75, 3.05) is 37.3 Å². The molecule has 9 nitrogen and oxygen atoms in total. The van der Waals surface area contributed by atoms with Crippen molar-refractivity contribution in [3.8, 4) is 0 Å². The van der Waals surface area contributed by atoms with Crippen molar-refractivity contribution in [1.29, 1.82) is 0 Å². The topological polar surface area (TPSA) is 117 Å². The number of benzene rings is 2. The van der Waals surface area contributed by atoms with E-state index in [1.807, 2.05) is 24.3 Å². The molecule has 2 amide bonds. The van der Waals surface area contributed by atoms with Gasteiger partial charge in [0.2, 0.25) is 0 Å². The van der Waals surface area contributed by atoms with E-state index < -0.39 is 15.8 Å². The fraction of sp³-hybridized carbons (Fsp3) is 0.364. The molecule has 170 valence electrons. The van der Waals surface area contributed by atoms with Gasteiger partial charge in [-0.2, -0.15) is 0 Å². The Balaban J connectivity index is 1.39. The molecule has 10 heteroatoms. The summed E-state index contributed by atoms with van der Waals surface area (Å²) in [6.07, 6.45) is 2.14. The first kappa shape index (κ1) is 24.2. The van der Waals surface area contributed by atoms with Crippen molar-refractivity contribution in [3.05, 3.63) is 54.1 Å². The molecule has 0 saturated carbocycles. The van der Waals surface area contributed by atoms with Crippen LogP contribution in [0.15, 0.2) is 48.5 Å². The molecule has 0 aliphatic carbocycles. The van der Waals surface area contributed by atoms with Crippen molar-refractivity contribution >= 4 is 43.4 Å². The van der Waals surface area contributed by atoms with Crippen LogP contribution in [0.25, 0.3) is 0 Å². The van der Waals surface area contributed by atoms with E-state index in [9.17, 15) is 9.59 Å². The Morgan fingerprint density at radius 2 is 1.81 bits per heavy atom. The molecular weight excluding hydrogens is 473 g/mol. The SMILES string of the molecule is CN(C(=O)CCN1CCC(NC(=O)c2ccc(N)cc2)CC1)c1cc[c]([Ge][O]OO)cc1. The van der Waals surface area contributed by atoms with Crippen LogP contribution in [-0.2, 0) is 13.7 Å². The normalized spacial score (nSPS) is 14.8. The number of carbonyl (C=O) groups excluding carboxylic acids is 2. The van der Waals surface area contributed by atoms with Crippen LogP contribution in [0.1, 0.15) is 29.6 Å². The van der Waals surface area contributed by atoms with Gasteiger partial charge in [0, 0.05) is 11.3 Å². The third-order valence-corrected chi connectivity index (χ3v) is 7.09. The number of hydrogen-bond acceptors (Lipinski definition) is 7. The Labute approximate surface area is 194 Å². The zero-order valence-electron chi connectivity index (χ0n) is 18.0. The first-order valence-electron chi connectivity index (χ1n) is 10.4. The molecule has 1 aliphatic heterocycles. The number of rotatable bonds is 9. The number of nitrogens with two attached hydrogens (primary N) is 1. The quantitative estimate of drug-likeness (QED) is 0.205. The standard InChI is InChI=1S/C22H28GeN4O5/c1-26(20-8-4-17(5-9-20)23-31-32-30)21(28)12-15-27-13-10-19(11-14-27)25-22(29)16-2-6-18(24)7-3-16/h2-9,19,30H,10-15,24H2,1H3,(H,25,29). The van der Waals surface area contributed by atoms with E-state index in [4.69, 9.17) is 11.0 Å². The van der Waals surface area contributed by atoms with Crippen molar-refractivity contribution in [3.63, 3.8) is 0 Å². The Bertz CT molecular complexity index is 886. The molecule has 2 radical (unpaired) electrons. The molecule has 0 aromatic heterocycles. The van der Waals surface area contributed by atoms with Gasteiger partial charge in [0.15, 0.2) is 0 Å². The van der Waals surface area contributed by atoms with E-state index in [-0.39, 0.29) is 17.9 Å². The second-order valence-corrected chi connectivity index (χ2v) is 9.71. The van der Waals surface area contributed by atoms with Crippen LogP contribution in [0, 0.1) is 0 Å². The average Bonchev–Trinajstić information content (AvgIpc) is 2.82. The number of nitrogen functional groups attached to an aromatic ring is 1. The van der Waals surface area contributed by atoms with E-state index >= 15 is 0 Å². The third-order valence-electron chi connectivity index (χ3n) is 5.56. The number of anilines is 2. The maximum absolute atomic E-state index is 12.6. The molecule has 32 heavy (non-hydrogen) atoms. The monoisotopic (exact) mass is 502 g/mol. The third kappa shape index (κ3) is 7.04. The number of likely N-dealkylation sites (tertiary alicyclic amines) is 1. The van der Waals surface area contributed by atoms with E-state index in [0.717, 1.165) is 36.0 Å². The molecule has 0 unspecified atom stereocenters. The Morgan fingerprint density at radius 1 is 1.16 bits per heavy atom. The molecule has 3 rings (SSSR count). The van der Waals surface area contributed by atoms with Gasteiger partial charge in [-0.05, 0) is 24.3 Å². The van der Waals surface area contributed by atoms with Crippen LogP contribution in [-0.4, -0.2) is 70.5 Å². The predicted molar refractivity (Wildman–Crippen MR) is 122 cm³/mol. The van der Waals surface area contributed by atoms with E-state index in [1.54, 1.807) is 36.2 Å². The van der Waals surface area contributed by atoms with Gasteiger partial charge in [-0.25, -0.2) is 0 Å². The summed E-state index contributed by atoms with van der Waals surface area (Å²) in [5, 5.41) is 15.0.